The van der Waals surface area contributed by atoms with E-state index in [4.69, 9.17) is 15.3 Å². The van der Waals surface area contributed by atoms with E-state index < -0.39 is 36.7 Å². The zero-order valence-electron chi connectivity index (χ0n) is 14.7. The van der Waals surface area contributed by atoms with E-state index >= 15 is 0 Å². The number of aliphatic carboxylic acids is 2. The van der Waals surface area contributed by atoms with Crippen LogP contribution in [0.5, 0.6) is 0 Å². The average molecular weight is 365 g/mol. The van der Waals surface area contributed by atoms with Gasteiger partial charge in [0.15, 0.2) is 0 Å². The van der Waals surface area contributed by atoms with Crippen molar-refractivity contribution in [3.8, 4) is 0 Å². The fraction of sp³-hybridized carbons (Fsp3) is 0.812. The van der Waals surface area contributed by atoms with Crippen LogP contribution >= 0.6 is 0 Å². The molecule has 6 N–H and O–H groups in total. The minimum absolute atomic E-state index is 0.0743. The van der Waals surface area contributed by atoms with Crippen molar-refractivity contribution < 1.29 is 39.5 Å². The van der Waals surface area contributed by atoms with Gasteiger partial charge in [-0.25, -0.2) is 4.79 Å². The number of hydrogen-bond acceptors (Lipinski definition) is 6. The standard InChI is InChI=1S/C13H24O6.C3H7NO2/c14-9-11(15)8-10(13(18)19)6-4-2-1-3-5-7-12(16)17;1-2-6-3(4)5/h10-11,14-15H,1-9H2,(H,16,17)(H,18,19);2H2,1H3,(H2,4,5). The molecular weight excluding hydrogens is 334 g/mol. The van der Waals surface area contributed by atoms with Gasteiger partial charge >= 0.3 is 18.0 Å². The molecule has 0 spiro atoms. The Morgan fingerprint density at radius 1 is 1.04 bits per heavy atom. The summed E-state index contributed by atoms with van der Waals surface area (Å²) in [6, 6.07) is 0. The number of carbonyl (C=O) groups excluding carboxylic acids is 1. The van der Waals surface area contributed by atoms with Gasteiger partial charge < -0.3 is 30.9 Å². The smallest absolute Gasteiger partial charge is 0.404 e. The molecule has 0 heterocycles. The highest BCUT2D eigenvalue weighted by Crippen LogP contribution is 2.17. The van der Waals surface area contributed by atoms with Crippen molar-refractivity contribution in [2.45, 2.75) is 64.4 Å². The van der Waals surface area contributed by atoms with Crippen molar-refractivity contribution >= 4 is 18.0 Å². The third-order valence-electron chi connectivity index (χ3n) is 3.35. The quantitative estimate of drug-likeness (QED) is 0.305. The zero-order chi connectivity index (χ0) is 19.7. The van der Waals surface area contributed by atoms with E-state index in [1.807, 2.05) is 0 Å². The molecule has 0 aromatic rings. The van der Waals surface area contributed by atoms with Gasteiger partial charge in [0.1, 0.15) is 0 Å². The van der Waals surface area contributed by atoms with E-state index in [1.165, 1.54) is 0 Å². The molecule has 0 saturated heterocycles. The normalized spacial score (nSPS) is 12.4. The molecule has 2 unspecified atom stereocenters. The predicted octanol–water partition coefficient (Wildman–Crippen LogP) is 1.35. The van der Waals surface area contributed by atoms with Crippen molar-refractivity contribution in [2.24, 2.45) is 11.7 Å². The van der Waals surface area contributed by atoms with Crippen LogP contribution in [0.4, 0.5) is 4.79 Å². The van der Waals surface area contributed by atoms with E-state index in [0.717, 1.165) is 25.7 Å². The van der Waals surface area contributed by atoms with Crippen LogP contribution in [0.1, 0.15) is 58.3 Å². The number of amides is 1. The van der Waals surface area contributed by atoms with Crippen molar-refractivity contribution in [3.05, 3.63) is 0 Å². The molecule has 0 aliphatic rings. The summed E-state index contributed by atoms with van der Waals surface area (Å²) < 4.78 is 4.18. The van der Waals surface area contributed by atoms with Crippen molar-refractivity contribution in [2.75, 3.05) is 13.2 Å². The molecule has 0 saturated carbocycles. The first-order chi connectivity index (χ1) is 11.7. The second kappa shape index (κ2) is 17.0. The van der Waals surface area contributed by atoms with Gasteiger partial charge in [0.05, 0.1) is 25.2 Å². The molecule has 148 valence electrons. The SMILES string of the molecule is CCOC(N)=O.O=C(O)CCCCCCCC(CC(O)CO)C(=O)O. The molecule has 0 radical (unpaired) electrons. The largest absolute Gasteiger partial charge is 0.481 e. The van der Waals surface area contributed by atoms with Gasteiger partial charge in [-0.3, -0.25) is 9.59 Å². The highest BCUT2D eigenvalue weighted by molar-refractivity contribution is 5.69. The van der Waals surface area contributed by atoms with E-state index in [0.29, 0.717) is 19.4 Å². The molecule has 25 heavy (non-hydrogen) atoms. The molecule has 9 heteroatoms. The second-order valence-electron chi connectivity index (χ2n) is 5.56. The maximum atomic E-state index is 10.9. The summed E-state index contributed by atoms with van der Waals surface area (Å²) in [4.78, 5) is 30.8. The first-order valence-corrected chi connectivity index (χ1v) is 8.40. The Kier molecular flexibility index (Phi) is 17.2. The molecule has 0 aromatic carbocycles. The fourth-order valence-corrected chi connectivity index (χ4v) is 2.08. The summed E-state index contributed by atoms with van der Waals surface area (Å²) in [6.45, 7) is 1.64. The lowest BCUT2D eigenvalue weighted by Gasteiger charge is -2.15. The predicted molar refractivity (Wildman–Crippen MR) is 90.0 cm³/mol. The molecule has 0 fully saturated rings. The van der Waals surface area contributed by atoms with Crippen LogP contribution in [0.3, 0.4) is 0 Å². The number of carboxylic acid groups (broad SMARTS) is 2. The van der Waals surface area contributed by atoms with Crippen LogP contribution in [0.2, 0.25) is 0 Å². The highest BCUT2D eigenvalue weighted by atomic mass is 16.5. The second-order valence-corrected chi connectivity index (χ2v) is 5.56. The van der Waals surface area contributed by atoms with Crippen LogP contribution in [-0.4, -0.2) is 57.8 Å². The molecular formula is C16H31NO8. The Hall–Kier alpha value is -1.87. The third-order valence-corrected chi connectivity index (χ3v) is 3.35. The Morgan fingerprint density at radius 2 is 1.60 bits per heavy atom. The van der Waals surface area contributed by atoms with Crippen LogP contribution in [0.25, 0.3) is 0 Å². The average Bonchev–Trinajstić information content (AvgIpc) is 2.52. The number of rotatable bonds is 13. The minimum Gasteiger partial charge on any atom is -0.481 e. The van der Waals surface area contributed by atoms with Crippen molar-refractivity contribution in [3.63, 3.8) is 0 Å². The summed E-state index contributed by atoms with van der Waals surface area (Å²) in [7, 11) is 0. The minimum atomic E-state index is -0.975. The number of aliphatic hydroxyl groups excluding tert-OH is 2. The molecule has 1 amide bonds. The fourth-order valence-electron chi connectivity index (χ4n) is 2.08. The summed E-state index contributed by atoms with van der Waals surface area (Å²) >= 11 is 0. The van der Waals surface area contributed by atoms with Gasteiger partial charge in [-0.1, -0.05) is 25.7 Å². The third kappa shape index (κ3) is 20.1. The van der Waals surface area contributed by atoms with Gasteiger partial charge in [-0.05, 0) is 26.2 Å². The number of aliphatic hydroxyl groups is 2. The molecule has 0 rings (SSSR count). The number of carbonyl (C=O) groups is 3. The molecule has 0 bridgehead atoms. The van der Waals surface area contributed by atoms with Crippen LogP contribution < -0.4 is 5.73 Å². The summed E-state index contributed by atoms with van der Waals surface area (Å²) in [6.07, 6.45) is 3.03. The van der Waals surface area contributed by atoms with Crippen LogP contribution in [0, 0.1) is 5.92 Å². The highest BCUT2D eigenvalue weighted by Gasteiger charge is 2.20. The lowest BCUT2D eigenvalue weighted by atomic mass is 9.95. The van der Waals surface area contributed by atoms with E-state index in [-0.39, 0.29) is 12.8 Å². The van der Waals surface area contributed by atoms with Gasteiger partial charge in [0, 0.05) is 6.42 Å². The summed E-state index contributed by atoms with van der Waals surface area (Å²) in [5.41, 5.74) is 4.54. The number of primary amides is 1. The summed E-state index contributed by atoms with van der Waals surface area (Å²) in [5.74, 6) is -2.36. The lowest BCUT2D eigenvalue weighted by Crippen LogP contribution is -2.23. The molecule has 0 aliphatic carbocycles. The topological polar surface area (TPSA) is 167 Å². The number of ether oxygens (including phenoxy) is 1. The van der Waals surface area contributed by atoms with E-state index in [1.54, 1.807) is 6.92 Å². The zero-order valence-corrected chi connectivity index (χ0v) is 14.7. The Bertz CT molecular complexity index is 375. The van der Waals surface area contributed by atoms with Crippen molar-refractivity contribution in [1.29, 1.82) is 0 Å². The Labute approximate surface area is 147 Å². The maximum absolute atomic E-state index is 10.9. The monoisotopic (exact) mass is 365 g/mol. The first-order valence-electron chi connectivity index (χ1n) is 8.40. The Balaban J connectivity index is 0. The Morgan fingerprint density at radius 3 is 2.00 bits per heavy atom. The first kappa shape index (κ1) is 25.4. The summed E-state index contributed by atoms with van der Waals surface area (Å²) in [5, 5.41) is 35.3. The van der Waals surface area contributed by atoms with E-state index in [2.05, 4.69) is 10.5 Å². The lowest BCUT2D eigenvalue weighted by molar-refractivity contribution is -0.143. The molecule has 9 nitrogen and oxygen atoms in total. The van der Waals surface area contributed by atoms with Crippen LogP contribution in [0.15, 0.2) is 0 Å². The van der Waals surface area contributed by atoms with Gasteiger partial charge in [-0.2, -0.15) is 0 Å². The van der Waals surface area contributed by atoms with Crippen LogP contribution in [-0.2, 0) is 14.3 Å². The number of unbranched alkanes of at least 4 members (excludes halogenated alkanes) is 4. The van der Waals surface area contributed by atoms with Gasteiger partial charge in [-0.15, -0.1) is 0 Å². The molecule has 0 aliphatic heterocycles. The van der Waals surface area contributed by atoms with E-state index in [9.17, 15) is 19.5 Å². The molecule has 0 aromatic heterocycles. The van der Waals surface area contributed by atoms with Crippen molar-refractivity contribution in [1.82, 2.24) is 0 Å². The maximum Gasteiger partial charge on any atom is 0.404 e. The number of carboxylic acids is 2. The molecule has 2 atom stereocenters. The number of nitrogens with two attached hydrogens (primary N) is 1. The number of hydrogen-bond donors (Lipinski definition) is 5. The van der Waals surface area contributed by atoms with Gasteiger partial charge in [0.25, 0.3) is 0 Å². The van der Waals surface area contributed by atoms with Gasteiger partial charge in [0.2, 0.25) is 0 Å².